The van der Waals surface area contributed by atoms with E-state index < -0.39 is 11.6 Å². The molecule has 0 aliphatic rings. The number of rotatable bonds is 1. The summed E-state index contributed by atoms with van der Waals surface area (Å²) in [4.78, 5) is 0. The summed E-state index contributed by atoms with van der Waals surface area (Å²) in [6, 6.07) is 2.98. The molecule has 0 bridgehead atoms. The Morgan fingerprint density at radius 1 is 1.20 bits per heavy atom. The largest absolute Gasteiger partial charge is 0.384 e. The second-order valence-electron chi connectivity index (χ2n) is 3.26. The maximum atomic E-state index is 13.5. The van der Waals surface area contributed by atoms with Crippen molar-refractivity contribution in [1.82, 2.24) is 10.2 Å². The van der Waals surface area contributed by atoms with Crippen LogP contribution < -0.4 is 5.73 Å². The fraction of sp³-hybridized carbons (Fsp3) is 0.100. The molecule has 15 heavy (non-hydrogen) atoms. The van der Waals surface area contributed by atoms with Gasteiger partial charge in [-0.05, 0) is 12.5 Å². The zero-order valence-corrected chi connectivity index (χ0v) is 8.01. The summed E-state index contributed by atoms with van der Waals surface area (Å²) < 4.78 is 26.8. The molecule has 1 aromatic heterocycles. The molecule has 0 saturated heterocycles. The van der Waals surface area contributed by atoms with E-state index in [2.05, 4.69) is 10.2 Å². The predicted octanol–water partition coefficient (Wildman–Crippen LogP) is 2.25. The number of aromatic amines is 1. The number of aryl methyl sites for hydroxylation is 1. The fourth-order valence-corrected chi connectivity index (χ4v) is 1.36. The van der Waals surface area contributed by atoms with Gasteiger partial charge in [0.25, 0.3) is 0 Å². The maximum Gasteiger partial charge on any atom is 0.167 e. The van der Waals surface area contributed by atoms with E-state index in [9.17, 15) is 8.78 Å². The average Bonchev–Trinajstić information content (AvgIpc) is 2.62. The highest BCUT2D eigenvalue weighted by Gasteiger charge is 2.15. The van der Waals surface area contributed by atoms with Crippen LogP contribution in [0, 0.1) is 18.6 Å². The Bertz CT molecular complexity index is 505. The van der Waals surface area contributed by atoms with Crippen LogP contribution in [0.4, 0.5) is 14.6 Å². The second kappa shape index (κ2) is 3.34. The number of nitrogens with two attached hydrogens (primary N) is 1. The van der Waals surface area contributed by atoms with E-state index in [1.54, 1.807) is 0 Å². The number of H-pyrrole nitrogens is 1. The van der Waals surface area contributed by atoms with Crippen molar-refractivity contribution >= 4 is 5.82 Å². The first kappa shape index (κ1) is 9.64. The second-order valence-corrected chi connectivity index (χ2v) is 3.26. The number of anilines is 1. The van der Waals surface area contributed by atoms with Crippen molar-refractivity contribution in [2.75, 3.05) is 5.73 Å². The van der Waals surface area contributed by atoms with Crippen LogP contribution in [0.3, 0.4) is 0 Å². The smallest absolute Gasteiger partial charge is 0.167 e. The van der Waals surface area contributed by atoms with Crippen LogP contribution in [0.25, 0.3) is 11.1 Å². The number of hydrogen-bond acceptors (Lipinski definition) is 2. The molecule has 3 N–H and O–H groups in total. The molecule has 2 aromatic rings. The highest BCUT2D eigenvalue weighted by molar-refractivity contribution is 5.73. The Kier molecular flexibility index (Phi) is 2.15. The lowest BCUT2D eigenvalue weighted by Crippen LogP contribution is -1.95. The van der Waals surface area contributed by atoms with E-state index >= 15 is 0 Å². The highest BCUT2D eigenvalue weighted by Crippen LogP contribution is 2.28. The van der Waals surface area contributed by atoms with Gasteiger partial charge in [0, 0.05) is 11.1 Å². The van der Waals surface area contributed by atoms with E-state index in [-0.39, 0.29) is 16.9 Å². The molecule has 0 aliphatic heterocycles. The third-order valence-electron chi connectivity index (χ3n) is 2.23. The Balaban J connectivity index is 2.65. The number of nitrogen functional groups attached to an aromatic ring is 1. The van der Waals surface area contributed by atoms with Gasteiger partial charge in [-0.1, -0.05) is 12.1 Å². The Morgan fingerprint density at radius 2 is 1.93 bits per heavy atom. The molecule has 0 atom stereocenters. The number of aromatic nitrogens is 2. The van der Waals surface area contributed by atoms with Gasteiger partial charge in [-0.2, -0.15) is 5.10 Å². The summed E-state index contributed by atoms with van der Waals surface area (Å²) in [5, 5.41) is 6.12. The summed E-state index contributed by atoms with van der Waals surface area (Å²) in [6.07, 6.45) is 1.36. The lowest BCUT2D eigenvalue weighted by Gasteiger charge is -2.04. The van der Waals surface area contributed by atoms with Crippen LogP contribution >= 0.6 is 0 Å². The third-order valence-corrected chi connectivity index (χ3v) is 2.23. The van der Waals surface area contributed by atoms with Crippen molar-refractivity contribution in [3.05, 3.63) is 35.5 Å². The SMILES string of the molecule is Cc1ccc(-c2cn[nH]c2N)c(F)c1F. The van der Waals surface area contributed by atoms with Crippen LogP contribution in [0.15, 0.2) is 18.3 Å². The molecule has 0 amide bonds. The van der Waals surface area contributed by atoms with Gasteiger partial charge in [0.05, 0.1) is 6.20 Å². The quantitative estimate of drug-likeness (QED) is 0.756. The van der Waals surface area contributed by atoms with Gasteiger partial charge < -0.3 is 5.73 Å². The first-order valence-corrected chi connectivity index (χ1v) is 4.35. The number of nitrogens with zero attached hydrogens (tertiary/aromatic N) is 1. The summed E-state index contributed by atoms with van der Waals surface area (Å²) in [6.45, 7) is 1.50. The van der Waals surface area contributed by atoms with Gasteiger partial charge in [0.2, 0.25) is 0 Å². The number of benzene rings is 1. The highest BCUT2D eigenvalue weighted by atomic mass is 19.2. The molecule has 0 radical (unpaired) electrons. The standard InChI is InChI=1S/C10H9F2N3/c1-5-2-3-6(9(12)8(5)11)7-4-14-15-10(7)13/h2-4H,1H3,(H3,13,14,15). The van der Waals surface area contributed by atoms with Crippen LogP contribution in [0.1, 0.15) is 5.56 Å². The van der Waals surface area contributed by atoms with Crippen molar-refractivity contribution in [3.63, 3.8) is 0 Å². The molecule has 1 aromatic carbocycles. The molecular weight excluding hydrogens is 200 g/mol. The van der Waals surface area contributed by atoms with E-state index in [0.29, 0.717) is 5.56 Å². The summed E-state index contributed by atoms with van der Waals surface area (Å²) in [5.74, 6) is -1.53. The number of nitrogens with one attached hydrogen (secondary N) is 1. The molecule has 0 unspecified atom stereocenters. The minimum Gasteiger partial charge on any atom is -0.384 e. The average molecular weight is 209 g/mol. The number of hydrogen-bond donors (Lipinski definition) is 2. The summed E-state index contributed by atoms with van der Waals surface area (Å²) in [7, 11) is 0. The van der Waals surface area contributed by atoms with E-state index in [1.807, 2.05) is 0 Å². The molecule has 0 spiro atoms. The van der Waals surface area contributed by atoms with Crippen molar-refractivity contribution in [2.24, 2.45) is 0 Å². The van der Waals surface area contributed by atoms with Crippen LogP contribution in [0.2, 0.25) is 0 Å². The fourth-order valence-electron chi connectivity index (χ4n) is 1.36. The van der Waals surface area contributed by atoms with Gasteiger partial charge in [0.1, 0.15) is 5.82 Å². The minimum atomic E-state index is -0.900. The Hall–Kier alpha value is -1.91. The predicted molar refractivity (Wildman–Crippen MR) is 53.1 cm³/mol. The summed E-state index contributed by atoms with van der Waals surface area (Å²) in [5.41, 5.74) is 6.27. The Labute approximate surface area is 84.9 Å². The first-order chi connectivity index (χ1) is 7.11. The molecule has 0 saturated carbocycles. The van der Waals surface area contributed by atoms with Crippen LogP contribution in [-0.2, 0) is 0 Å². The molecule has 2 rings (SSSR count). The van der Waals surface area contributed by atoms with Crippen molar-refractivity contribution < 1.29 is 8.78 Å². The summed E-state index contributed by atoms with van der Waals surface area (Å²) >= 11 is 0. The Morgan fingerprint density at radius 3 is 2.53 bits per heavy atom. The molecule has 3 nitrogen and oxygen atoms in total. The lowest BCUT2D eigenvalue weighted by molar-refractivity contribution is 0.505. The van der Waals surface area contributed by atoms with E-state index in [4.69, 9.17) is 5.73 Å². The van der Waals surface area contributed by atoms with Gasteiger partial charge in [-0.3, -0.25) is 5.10 Å². The van der Waals surface area contributed by atoms with E-state index in [0.717, 1.165) is 0 Å². The zero-order chi connectivity index (χ0) is 11.0. The lowest BCUT2D eigenvalue weighted by atomic mass is 10.1. The van der Waals surface area contributed by atoms with Gasteiger partial charge in [-0.15, -0.1) is 0 Å². The van der Waals surface area contributed by atoms with Crippen LogP contribution in [0.5, 0.6) is 0 Å². The molecule has 0 fully saturated rings. The number of halogens is 2. The molecule has 0 aliphatic carbocycles. The molecule has 78 valence electrons. The van der Waals surface area contributed by atoms with E-state index in [1.165, 1.54) is 25.3 Å². The van der Waals surface area contributed by atoms with Crippen LogP contribution in [-0.4, -0.2) is 10.2 Å². The molecule has 1 heterocycles. The monoisotopic (exact) mass is 209 g/mol. The van der Waals surface area contributed by atoms with Gasteiger partial charge in [0.15, 0.2) is 11.6 Å². The maximum absolute atomic E-state index is 13.5. The third kappa shape index (κ3) is 1.45. The van der Waals surface area contributed by atoms with Crippen molar-refractivity contribution in [1.29, 1.82) is 0 Å². The zero-order valence-electron chi connectivity index (χ0n) is 8.01. The first-order valence-electron chi connectivity index (χ1n) is 4.35. The van der Waals surface area contributed by atoms with Gasteiger partial charge in [-0.25, -0.2) is 8.78 Å². The van der Waals surface area contributed by atoms with Gasteiger partial charge >= 0.3 is 0 Å². The molecular formula is C10H9F2N3. The minimum absolute atomic E-state index is 0.115. The van der Waals surface area contributed by atoms with Crippen molar-refractivity contribution in [2.45, 2.75) is 6.92 Å². The molecule has 5 heteroatoms. The van der Waals surface area contributed by atoms with Crippen molar-refractivity contribution in [3.8, 4) is 11.1 Å². The normalized spacial score (nSPS) is 10.6. The topological polar surface area (TPSA) is 54.7 Å².